The normalized spacial score (nSPS) is 29.7. The van der Waals surface area contributed by atoms with Gasteiger partial charge in [0.15, 0.2) is 28.9 Å². The number of hydrogen-bond donors (Lipinski definition) is 5. The molecule has 10 nitrogen and oxygen atoms in total. The molecular weight excluding hydrogens is 1370 g/mol. The van der Waals surface area contributed by atoms with Crippen LogP contribution < -0.4 is 28.7 Å². The van der Waals surface area contributed by atoms with Crippen molar-refractivity contribution < 1.29 is 24.0 Å². The molecule has 0 spiro atoms. The highest BCUT2D eigenvalue weighted by atomic mass is 79.9. The minimum absolute atomic E-state index is 0.0341. The van der Waals surface area contributed by atoms with Crippen LogP contribution in [0.1, 0.15) is 131 Å². The summed E-state index contributed by atoms with van der Waals surface area (Å²) < 4.78 is 0. The monoisotopic (exact) mass is 1430 g/mol. The topological polar surface area (TPSA) is 215 Å². The molecule has 5 aromatic rings. The summed E-state index contributed by atoms with van der Waals surface area (Å²) >= 11 is 44.0. The number of hydrogen-bond acceptors (Lipinski definition) is 10. The number of benzene rings is 5. The second kappa shape index (κ2) is 28.9. The van der Waals surface area contributed by atoms with Crippen LogP contribution in [0.3, 0.4) is 0 Å². The second-order valence-electron chi connectivity index (χ2n) is 20.8. The molecule has 0 aliphatic heterocycles. The van der Waals surface area contributed by atoms with Gasteiger partial charge in [0.25, 0.3) is 0 Å². The van der Waals surface area contributed by atoms with Crippen LogP contribution in [-0.4, -0.2) is 48.2 Å². The minimum atomic E-state index is -0.926. The van der Waals surface area contributed by atoms with Crippen molar-refractivity contribution in [1.29, 1.82) is 0 Å². The molecule has 10 rings (SSSR count). The molecule has 9 atom stereocenters. The van der Waals surface area contributed by atoms with Crippen molar-refractivity contribution in [3.05, 3.63) is 174 Å². The van der Waals surface area contributed by atoms with E-state index in [1.165, 1.54) is 0 Å². The lowest BCUT2D eigenvalue weighted by Crippen LogP contribution is -2.51. The zero-order valence-corrected chi connectivity index (χ0v) is 53.6. The first-order valence-corrected chi connectivity index (χ1v) is 31.9. The molecule has 5 saturated carbocycles. The summed E-state index contributed by atoms with van der Waals surface area (Å²) in [7, 11) is 0. The van der Waals surface area contributed by atoms with Crippen molar-refractivity contribution in [2.24, 2.45) is 28.7 Å². The van der Waals surface area contributed by atoms with E-state index in [0.717, 1.165) is 92.0 Å². The lowest BCUT2D eigenvalue weighted by atomic mass is 9.76. The predicted octanol–water partition coefficient (Wildman–Crippen LogP) is 14.7. The van der Waals surface area contributed by atoms with E-state index < -0.39 is 27.7 Å². The second-order valence-corrected chi connectivity index (χ2v) is 27.2. The SMILES string of the molecule is N[C@]1(c2ccccc2Cl)CCCCC1=O.N[C@]1(c2ccccc2Cl)CCC[C@@H](Br)C1=O.N[C@]1(c2ccccc2Cl)CCC[C@@H](Br)C1=O.N[C@]1(c2ccccc2Cl)CCC[C@H](Br)C1=O.N[C@]1(c2ccccc2Cl)CCC[C@H](Br)C1=O. The van der Waals surface area contributed by atoms with Gasteiger partial charge in [-0.3, -0.25) is 24.0 Å². The van der Waals surface area contributed by atoms with E-state index in [1.807, 2.05) is 91.0 Å². The maximum atomic E-state index is 12.2. The van der Waals surface area contributed by atoms with Crippen molar-refractivity contribution in [3.8, 4) is 0 Å². The van der Waals surface area contributed by atoms with Crippen LogP contribution >= 0.6 is 122 Å². The van der Waals surface area contributed by atoms with E-state index in [-0.39, 0.29) is 48.2 Å². The molecule has 5 aliphatic carbocycles. The number of nitrogens with two attached hydrogens (primary N) is 5. The Morgan fingerprint density at radius 1 is 0.316 bits per heavy atom. The first-order valence-electron chi connectivity index (χ1n) is 26.3. The lowest BCUT2D eigenvalue weighted by molar-refractivity contribution is -0.127. The van der Waals surface area contributed by atoms with Gasteiger partial charge in [0.2, 0.25) is 0 Å². The third-order valence-electron chi connectivity index (χ3n) is 15.5. The molecule has 5 aliphatic rings. The first-order chi connectivity index (χ1) is 37.4. The number of halogens is 9. The van der Waals surface area contributed by atoms with Crippen LogP contribution in [0.25, 0.3) is 0 Å². The number of ketones is 5. The van der Waals surface area contributed by atoms with Gasteiger partial charge >= 0.3 is 0 Å². The lowest BCUT2D eigenvalue weighted by Gasteiger charge is -2.35. The minimum Gasteiger partial charge on any atom is -0.315 e. The summed E-state index contributed by atoms with van der Waals surface area (Å²) in [5.41, 5.74) is 30.4. The summed E-state index contributed by atoms with van der Waals surface area (Å²) in [6.07, 6.45) is 13.0. The number of rotatable bonds is 5. The number of Topliss-reactive ketones (excluding diaryl/α,β-unsaturated/α-hetero) is 5. The number of alkyl halides is 4. The molecule has 0 radical (unpaired) electrons. The molecule has 0 amide bonds. The Hall–Kier alpha value is -2.38. The van der Waals surface area contributed by atoms with Gasteiger partial charge in [-0.1, -0.05) is 219 Å². The van der Waals surface area contributed by atoms with Gasteiger partial charge in [-0.25, -0.2) is 0 Å². The van der Waals surface area contributed by atoms with Crippen molar-refractivity contribution in [1.82, 2.24) is 0 Å². The Labute approximate surface area is 522 Å². The van der Waals surface area contributed by atoms with E-state index in [0.29, 0.717) is 63.6 Å². The summed E-state index contributed by atoms with van der Waals surface area (Å²) in [4.78, 5) is 60.0. The van der Waals surface area contributed by atoms with Crippen molar-refractivity contribution in [3.63, 3.8) is 0 Å². The smallest absolute Gasteiger partial charge is 0.170 e. The predicted molar refractivity (Wildman–Crippen MR) is 336 cm³/mol. The molecule has 79 heavy (non-hydrogen) atoms. The number of carbonyl (C=O) groups excluding carboxylic acids is 5. The van der Waals surface area contributed by atoms with Gasteiger partial charge in [0.1, 0.15) is 27.7 Å². The van der Waals surface area contributed by atoms with Crippen LogP contribution in [0.5, 0.6) is 0 Å². The molecule has 0 bridgehead atoms. The Morgan fingerprint density at radius 3 is 0.734 bits per heavy atom. The average Bonchev–Trinajstić information content (AvgIpc) is 3.54. The Kier molecular flexibility index (Phi) is 24.1. The van der Waals surface area contributed by atoms with Crippen molar-refractivity contribution >= 4 is 151 Å². The maximum Gasteiger partial charge on any atom is 0.170 e. The van der Waals surface area contributed by atoms with E-state index in [4.69, 9.17) is 86.7 Å². The molecule has 0 unspecified atom stereocenters. The quantitative estimate of drug-likeness (QED) is 0.105. The van der Waals surface area contributed by atoms with Crippen LogP contribution in [0.4, 0.5) is 0 Å². The molecule has 0 saturated heterocycles. The van der Waals surface area contributed by atoms with Crippen LogP contribution in [0.2, 0.25) is 25.1 Å². The largest absolute Gasteiger partial charge is 0.315 e. The van der Waals surface area contributed by atoms with Crippen molar-refractivity contribution in [2.75, 3.05) is 0 Å². The summed E-state index contributed by atoms with van der Waals surface area (Å²) in [5, 5.41) is 2.87. The van der Waals surface area contributed by atoms with Gasteiger partial charge in [-0.05, 0) is 148 Å². The van der Waals surface area contributed by atoms with Gasteiger partial charge < -0.3 is 28.7 Å². The fourth-order valence-electron chi connectivity index (χ4n) is 10.9. The Balaban J connectivity index is 0.000000160. The Morgan fingerprint density at radius 2 is 0.519 bits per heavy atom. The molecule has 5 fully saturated rings. The van der Waals surface area contributed by atoms with Gasteiger partial charge in [-0.2, -0.15) is 0 Å². The highest BCUT2D eigenvalue weighted by molar-refractivity contribution is 9.10. The average molecular weight is 1430 g/mol. The van der Waals surface area contributed by atoms with E-state index in [1.54, 1.807) is 30.3 Å². The molecule has 424 valence electrons. The fraction of sp³-hybridized carbons (Fsp3) is 0.417. The molecule has 0 aromatic heterocycles. The standard InChI is InChI=1S/4C12H13BrClNO.C12H14ClNO/c4*13-9-5-3-7-12(15,11(9)16)8-4-1-2-6-10(8)14;13-10-6-2-1-5-9(10)12(14)8-4-3-7-11(12)15/h4*1-2,4,6,9H,3,5,7,15H2;1-2,5-6H,3-4,7-8,14H2/t2*9-,12+;2*9-,12-;12-/m11000/s1. The van der Waals surface area contributed by atoms with E-state index in [9.17, 15) is 24.0 Å². The van der Waals surface area contributed by atoms with Gasteiger partial charge in [-0.15, -0.1) is 0 Å². The molecular formula is C60H66Br4Cl5N5O5. The highest BCUT2D eigenvalue weighted by Gasteiger charge is 2.46. The fourth-order valence-corrected chi connectivity index (χ4v) is 15.3. The van der Waals surface area contributed by atoms with Crippen LogP contribution in [-0.2, 0) is 51.7 Å². The van der Waals surface area contributed by atoms with Gasteiger partial charge in [0, 0.05) is 31.5 Å². The molecule has 10 N–H and O–H groups in total. The zero-order valence-electron chi connectivity index (χ0n) is 43.5. The first kappa shape index (κ1) is 65.8. The summed E-state index contributed by atoms with van der Waals surface area (Å²) in [5.74, 6) is 0.249. The highest BCUT2D eigenvalue weighted by Crippen LogP contribution is 2.42. The maximum absolute atomic E-state index is 12.2. The molecule has 5 aromatic carbocycles. The van der Waals surface area contributed by atoms with Crippen molar-refractivity contribution in [2.45, 2.75) is 150 Å². The van der Waals surface area contributed by atoms with E-state index >= 15 is 0 Å². The Bertz CT molecular complexity index is 2680. The third kappa shape index (κ3) is 15.1. The number of carbonyl (C=O) groups is 5. The summed E-state index contributed by atoms with van der Waals surface area (Å²) in [6, 6.07) is 36.6. The zero-order chi connectivity index (χ0) is 57.9. The van der Waals surface area contributed by atoms with Crippen LogP contribution in [0, 0.1) is 0 Å². The molecule has 0 heterocycles. The van der Waals surface area contributed by atoms with Crippen LogP contribution in [0.15, 0.2) is 121 Å². The van der Waals surface area contributed by atoms with Gasteiger partial charge in [0.05, 0.1) is 19.3 Å². The summed E-state index contributed by atoms with van der Waals surface area (Å²) in [6.45, 7) is 0. The molecule has 19 heteroatoms. The van der Waals surface area contributed by atoms with E-state index in [2.05, 4.69) is 63.7 Å². The third-order valence-corrected chi connectivity index (χ3v) is 20.6.